The highest BCUT2D eigenvalue weighted by Crippen LogP contribution is 2.21. The van der Waals surface area contributed by atoms with Crippen molar-refractivity contribution in [1.82, 2.24) is 14.9 Å². The van der Waals surface area contributed by atoms with E-state index in [2.05, 4.69) is 36.4 Å². The van der Waals surface area contributed by atoms with E-state index in [1.807, 2.05) is 20.8 Å². The number of hydrogen-bond donors (Lipinski definition) is 2. The van der Waals surface area contributed by atoms with Crippen LogP contribution >= 0.6 is 24.0 Å². The summed E-state index contributed by atoms with van der Waals surface area (Å²) in [5.74, 6) is 0.704. The smallest absolute Gasteiger partial charge is 0.243 e. The van der Waals surface area contributed by atoms with Crippen molar-refractivity contribution >= 4 is 40.0 Å². The summed E-state index contributed by atoms with van der Waals surface area (Å²) in [5.41, 5.74) is 0.955. The maximum absolute atomic E-state index is 12.6. The fourth-order valence-electron chi connectivity index (χ4n) is 2.66. The second kappa shape index (κ2) is 12.8. The van der Waals surface area contributed by atoms with Crippen molar-refractivity contribution < 1.29 is 13.2 Å². The Hall–Kier alpha value is -0.910. The normalized spacial score (nSPS) is 13.9. The van der Waals surface area contributed by atoms with Gasteiger partial charge in [0.15, 0.2) is 5.96 Å². The minimum absolute atomic E-state index is 0. The molecule has 0 aromatic heterocycles. The van der Waals surface area contributed by atoms with Crippen molar-refractivity contribution in [1.29, 1.82) is 0 Å². The fraction of sp³-hybridized carbons (Fsp3) is 0.667. The van der Waals surface area contributed by atoms with Gasteiger partial charge in [0.1, 0.15) is 0 Å². The Morgan fingerprint density at radius 2 is 1.73 bits per heavy atom. The summed E-state index contributed by atoms with van der Waals surface area (Å²) in [7, 11) is -0.160. The van der Waals surface area contributed by atoms with Gasteiger partial charge in [0, 0.05) is 33.3 Å². The maximum Gasteiger partial charge on any atom is 0.243 e. The van der Waals surface area contributed by atoms with Crippen molar-refractivity contribution in [3.8, 4) is 0 Å². The molecule has 1 atom stereocenters. The van der Waals surface area contributed by atoms with Crippen LogP contribution in [0.4, 0.5) is 0 Å². The van der Waals surface area contributed by atoms with Crippen molar-refractivity contribution in [2.24, 2.45) is 10.4 Å². The number of sulfonamides is 1. The SMILES string of the molecule is CCNC(=NCc1ccc(S(=O)(=O)N(C)C(C)C)cc1)NCC(OC)C(C)(C)C.I. The van der Waals surface area contributed by atoms with E-state index in [1.54, 1.807) is 38.4 Å². The van der Waals surface area contributed by atoms with E-state index >= 15 is 0 Å². The molecule has 0 aliphatic rings. The van der Waals surface area contributed by atoms with E-state index in [0.717, 1.165) is 12.1 Å². The third-order valence-electron chi connectivity index (χ3n) is 4.80. The van der Waals surface area contributed by atoms with Gasteiger partial charge < -0.3 is 15.4 Å². The lowest BCUT2D eigenvalue weighted by atomic mass is 9.89. The molecular formula is C21H39IN4O3S. The minimum atomic E-state index is -3.47. The van der Waals surface area contributed by atoms with Gasteiger partial charge >= 0.3 is 0 Å². The monoisotopic (exact) mass is 554 g/mol. The molecule has 1 aromatic carbocycles. The molecule has 1 rings (SSSR count). The Balaban J connectivity index is 0.00000841. The van der Waals surface area contributed by atoms with Gasteiger partial charge in [-0.2, -0.15) is 4.31 Å². The van der Waals surface area contributed by atoms with Crippen LogP contribution in [0.1, 0.15) is 47.1 Å². The number of benzene rings is 1. The average molecular weight is 555 g/mol. The Morgan fingerprint density at radius 3 is 2.17 bits per heavy atom. The van der Waals surface area contributed by atoms with Gasteiger partial charge in [-0.1, -0.05) is 32.9 Å². The molecule has 9 heteroatoms. The van der Waals surface area contributed by atoms with Crippen LogP contribution < -0.4 is 10.6 Å². The van der Waals surface area contributed by atoms with Crippen LogP contribution in [-0.4, -0.2) is 58.1 Å². The molecule has 0 bridgehead atoms. The topological polar surface area (TPSA) is 83.0 Å². The first kappa shape index (κ1) is 29.1. The standard InChI is InChI=1S/C21H38N4O3S.HI/c1-9-22-20(24-15-19(28-8)21(4,5)6)23-14-17-10-12-18(13-11-17)29(26,27)25(7)16(2)3;/h10-13,16,19H,9,14-15H2,1-8H3,(H2,22,23,24);1H. The van der Waals surface area contributed by atoms with Crippen LogP contribution in [0.3, 0.4) is 0 Å². The van der Waals surface area contributed by atoms with Gasteiger partial charge in [-0.3, -0.25) is 0 Å². The first-order valence-electron chi connectivity index (χ1n) is 10.0. The molecule has 7 nitrogen and oxygen atoms in total. The Bertz CT molecular complexity index is 759. The first-order chi connectivity index (χ1) is 13.4. The zero-order chi connectivity index (χ0) is 22.2. The number of ether oxygens (including phenoxy) is 1. The van der Waals surface area contributed by atoms with E-state index < -0.39 is 10.0 Å². The third-order valence-corrected chi connectivity index (χ3v) is 6.84. The quantitative estimate of drug-likeness (QED) is 0.278. The number of nitrogens with zero attached hydrogens (tertiary/aromatic N) is 2. The molecule has 0 spiro atoms. The van der Waals surface area contributed by atoms with Gasteiger partial charge in [-0.15, -0.1) is 24.0 Å². The second-order valence-corrected chi connectivity index (χ2v) is 10.4. The third kappa shape index (κ3) is 8.68. The fourth-order valence-corrected chi connectivity index (χ4v) is 4.02. The number of methoxy groups -OCH3 is 1. The molecular weight excluding hydrogens is 515 g/mol. The lowest BCUT2D eigenvalue weighted by Gasteiger charge is -2.30. The van der Waals surface area contributed by atoms with E-state index in [9.17, 15) is 8.42 Å². The highest BCUT2D eigenvalue weighted by atomic mass is 127. The van der Waals surface area contributed by atoms with Crippen molar-refractivity contribution in [2.45, 2.75) is 65.1 Å². The summed E-state index contributed by atoms with van der Waals surface area (Å²) >= 11 is 0. The van der Waals surface area contributed by atoms with Crippen molar-refractivity contribution in [3.63, 3.8) is 0 Å². The molecule has 0 fully saturated rings. The Kier molecular flexibility index (Phi) is 12.4. The van der Waals surface area contributed by atoms with Crippen LogP contribution in [0.15, 0.2) is 34.2 Å². The number of hydrogen-bond acceptors (Lipinski definition) is 4. The van der Waals surface area contributed by atoms with E-state index in [1.165, 1.54) is 4.31 Å². The molecule has 1 aromatic rings. The number of guanidine groups is 1. The lowest BCUT2D eigenvalue weighted by Crippen LogP contribution is -2.45. The predicted molar refractivity (Wildman–Crippen MR) is 135 cm³/mol. The molecule has 30 heavy (non-hydrogen) atoms. The molecule has 2 N–H and O–H groups in total. The van der Waals surface area contributed by atoms with Crippen LogP contribution in [0, 0.1) is 5.41 Å². The summed E-state index contributed by atoms with van der Waals surface area (Å²) in [6, 6.07) is 6.80. The van der Waals surface area contributed by atoms with Crippen LogP contribution in [0.2, 0.25) is 0 Å². The van der Waals surface area contributed by atoms with Crippen molar-refractivity contribution in [2.75, 3.05) is 27.2 Å². The molecule has 0 heterocycles. The van der Waals surface area contributed by atoms with E-state index in [0.29, 0.717) is 23.9 Å². The summed E-state index contributed by atoms with van der Waals surface area (Å²) < 4.78 is 32.1. The van der Waals surface area contributed by atoms with Gasteiger partial charge in [0.2, 0.25) is 10.0 Å². The highest BCUT2D eigenvalue weighted by molar-refractivity contribution is 14.0. The zero-order valence-electron chi connectivity index (χ0n) is 19.5. The second-order valence-electron chi connectivity index (χ2n) is 8.43. The van der Waals surface area contributed by atoms with Gasteiger partial charge in [-0.05, 0) is 43.9 Å². The van der Waals surface area contributed by atoms with Crippen LogP contribution in [0.25, 0.3) is 0 Å². The number of nitrogens with one attached hydrogen (secondary N) is 2. The molecule has 0 aliphatic heterocycles. The largest absolute Gasteiger partial charge is 0.379 e. The molecule has 0 aliphatic carbocycles. The predicted octanol–water partition coefficient (Wildman–Crippen LogP) is 3.45. The van der Waals surface area contributed by atoms with Gasteiger partial charge in [-0.25, -0.2) is 13.4 Å². The summed E-state index contributed by atoms with van der Waals surface area (Å²) in [6.45, 7) is 14.0. The van der Waals surface area contributed by atoms with Crippen LogP contribution in [0.5, 0.6) is 0 Å². The number of rotatable bonds is 9. The molecule has 0 amide bonds. The summed E-state index contributed by atoms with van der Waals surface area (Å²) in [5, 5.41) is 6.55. The highest BCUT2D eigenvalue weighted by Gasteiger charge is 2.24. The number of halogens is 1. The summed E-state index contributed by atoms with van der Waals surface area (Å²) in [6.07, 6.45) is 0.0498. The molecule has 0 saturated carbocycles. The number of aliphatic imine (C=N–C) groups is 1. The first-order valence-corrected chi connectivity index (χ1v) is 11.5. The molecule has 174 valence electrons. The Morgan fingerprint density at radius 1 is 1.17 bits per heavy atom. The summed E-state index contributed by atoms with van der Waals surface area (Å²) in [4.78, 5) is 4.90. The lowest BCUT2D eigenvalue weighted by molar-refractivity contribution is 0.0205. The van der Waals surface area contributed by atoms with Gasteiger partial charge in [0.25, 0.3) is 0 Å². The zero-order valence-corrected chi connectivity index (χ0v) is 22.7. The molecule has 0 radical (unpaired) electrons. The van der Waals surface area contributed by atoms with E-state index in [-0.39, 0.29) is 41.5 Å². The minimum Gasteiger partial charge on any atom is -0.379 e. The Labute approximate surface area is 200 Å². The molecule has 1 unspecified atom stereocenters. The average Bonchev–Trinajstić information content (AvgIpc) is 2.64. The molecule has 0 saturated heterocycles. The van der Waals surface area contributed by atoms with Crippen molar-refractivity contribution in [3.05, 3.63) is 29.8 Å². The van der Waals surface area contributed by atoms with E-state index in [4.69, 9.17) is 4.74 Å². The maximum atomic E-state index is 12.6. The van der Waals surface area contributed by atoms with Gasteiger partial charge in [0.05, 0.1) is 17.5 Å². The van der Waals surface area contributed by atoms with Crippen LogP contribution in [-0.2, 0) is 21.3 Å².